The third kappa shape index (κ3) is 2.91. The van der Waals surface area contributed by atoms with Crippen molar-refractivity contribution in [2.75, 3.05) is 0 Å². The summed E-state index contributed by atoms with van der Waals surface area (Å²) in [5, 5.41) is 0. The Hall–Kier alpha value is -0.780. The summed E-state index contributed by atoms with van der Waals surface area (Å²) in [5.74, 6) is -1.20. The van der Waals surface area contributed by atoms with Crippen LogP contribution in [0.5, 0.6) is 0 Å². The highest BCUT2D eigenvalue weighted by Gasteiger charge is 2.64. The maximum absolute atomic E-state index is 13.1. The maximum atomic E-state index is 13.1. The Labute approximate surface area is 98.5 Å². The van der Waals surface area contributed by atoms with E-state index >= 15 is 0 Å². The lowest BCUT2D eigenvalue weighted by molar-refractivity contribution is -0.238. The number of carbonyl (C=O) groups is 1. The number of halogens is 3. The largest absolute Gasteiger partial charge is 0.459 e. The molecule has 1 rings (SSSR count). The van der Waals surface area contributed by atoms with Crippen LogP contribution in [-0.4, -0.2) is 23.8 Å². The van der Waals surface area contributed by atoms with Crippen molar-refractivity contribution in [3.05, 3.63) is 0 Å². The Morgan fingerprint density at radius 3 is 2.18 bits per heavy atom. The Morgan fingerprint density at radius 1 is 1.35 bits per heavy atom. The molecule has 0 aromatic rings. The quantitative estimate of drug-likeness (QED) is 0.730. The zero-order valence-electron chi connectivity index (χ0n) is 10.2. The average molecular weight is 253 g/mol. The number of nitrogens with two attached hydrogens (primary N) is 1. The summed E-state index contributed by atoms with van der Waals surface area (Å²) in [6.45, 7) is 4.64. The van der Waals surface area contributed by atoms with E-state index in [4.69, 9.17) is 10.5 Å². The van der Waals surface area contributed by atoms with Crippen molar-refractivity contribution in [3.63, 3.8) is 0 Å². The second-order valence-electron chi connectivity index (χ2n) is 5.58. The van der Waals surface area contributed by atoms with Crippen LogP contribution in [0.1, 0.15) is 40.0 Å². The van der Waals surface area contributed by atoms with Crippen LogP contribution in [0.2, 0.25) is 0 Å². The molecule has 1 saturated carbocycles. The molecule has 0 aliphatic heterocycles. The molecule has 17 heavy (non-hydrogen) atoms. The molecule has 0 radical (unpaired) electrons. The van der Waals surface area contributed by atoms with Gasteiger partial charge in [0.25, 0.3) is 0 Å². The van der Waals surface area contributed by atoms with Crippen LogP contribution in [0.3, 0.4) is 0 Å². The van der Waals surface area contributed by atoms with Crippen molar-refractivity contribution in [2.24, 2.45) is 11.1 Å². The van der Waals surface area contributed by atoms with Crippen LogP contribution in [0, 0.1) is 5.41 Å². The van der Waals surface area contributed by atoms with E-state index in [-0.39, 0.29) is 19.3 Å². The van der Waals surface area contributed by atoms with E-state index in [0.29, 0.717) is 0 Å². The van der Waals surface area contributed by atoms with Gasteiger partial charge in [0.05, 0.1) is 0 Å². The van der Waals surface area contributed by atoms with Gasteiger partial charge in [-0.3, -0.25) is 4.79 Å². The third-order valence-electron chi connectivity index (χ3n) is 2.88. The Balaban J connectivity index is 2.97. The van der Waals surface area contributed by atoms with Crippen molar-refractivity contribution in [2.45, 2.75) is 57.9 Å². The second-order valence-corrected chi connectivity index (χ2v) is 5.58. The van der Waals surface area contributed by atoms with Crippen LogP contribution in [0.15, 0.2) is 0 Å². The van der Waals surface area contributed by atoms with E-state index in [0.717, 1.165) is 0 Å². The van der Waals surface area contributed by atoms with Gasteiger partial charge >= 0.3 is 12.1 Å². The zero-order chi connectivity index (χ0) is 13.5. The van der Waals surface area contributed by atoms with Gasteiger partial charge in [-0.2, -0.15) is 13.2 Å². The van der Waals surface area contributed by atoms with Gasteiger partial charge in [0.15, 0.2) is 5.41 Å². The van der Waals surface area contributed by atoms with Crippen LogP contribution in [0.4, 0.5) is 13.2 Å². The zero-order valence-corrected chi connectivity index (χ0v) is 10.2. The maximum Gasteiger partial charge on any atom is 0.404 e. The number of rotatable bonds is 1. The Kier molecular flexibility index (Phi) is 3.49. The Morgan fingerprint density at radius 2 is 1.88 bits per heavy atom. The molecule has 1 aliphatic carbocycles. The SMILES string of the molecule is CC(C)(C)OC(=O)[C@]1(C(F)(F)F)CC[C@@H](N)C1. The van der Waals surface area contributed by atoms with E-state index in [1.54, 1.807) is 20.8 Å². The minimum absolute atomic E-state index is 0.193. The summed E-state index contributed by atoms with van der Waals surface area (Å²) in [6, 6.07) is -0.593. The first-order chi connectivity index (χ1) is 7.48. The number of ether oxygens (including phenoxy) is 1. The van der Waals surface area contributed by atoms with Crippen molar-refractivity contribution >= 4 is 5.97 Å². The van der Waals surface area contributed by atoms with Crippen LogP contribution < -0.4 is 5.73 Å². The lowest BCUT2D eigenvalue weighted by Crippen LogP contribution is -2.47. The van der Waals surface area contributed by atoms with Crippen molar-refractivity contribution < 1.29 is 22.7 Å². The molecular weight excluding hydrogens is 235 g/mol. The van der Waals surface area contributed by atoms with Gasteiger partial charge in [0.2, 0.25) is 0 Å². The van der Waals surface area contributed by atoms with E-state index in [9.17, 15) is 18.0 Å². The molecular formula is C11H18F3NO2. The molecule has 6 heteroatoms. The topological polar surface area (TPSA) is 52.3 Å². The molecule has 1 aliphatic rings. The van der Waals surface area contributed by atoms with Gasteiger partial charge in [0, 0.05) is 6.04 Å². The van der Waals surface area contributed by atoms with Crippen LogP contribution in [0.25, 0.3) is 0 Å². The molecule has 0 saturated heterocycles. The van der Waals surface area contributed by atoms with Crippen LogP contribution >= 0.6 is 0 Å². The summed E-state index contributed by atoms with van der Waals surface area (Å²) in [4.78, 5) is 11.8. The molecule has 100 valence electrons. The lowest BCUT2D eigenvalue weighted by Gasteiger charge is -2.32. The fourth-order valence-electron chi connectivity index (χ4n) is 2.02. The number of carbonyl (C=O) groups excluding carboxylic acids is 1. The predicted molar refractivity (Wildman–Crippen MR) is 56.2 cm³/mol. The summed E-state index contributed by atoms with van der Waals surface area (Å²) in [7, 11) is 0. The highest BCUT2D eigenvalue weighted by atomic mass is 19.4. The minimum atomic E-state index is -4.61. The predicted octanol–water partition coefficient (Wildman–Crippen LogP) is 2.39. The Bertz CT molecular complexity index is 309. The summed E-state index contributed by atoms with van der Waals surface area (Å²) >= 11 is 0. The molecule has 0 unspecified atom stereocenters. The minimum Gasteiger partial charge on any atom is -0.459 e. The van der Waals surface area contributed by atoms with Crippen LogP contribution in [-0.2, 0) is 9.53 Å². The van der Waals surface area contributed by atoms with Gasteiger partial charge in [-0.25, -0.2) is 0 Å². The highest BCUT2D eigenvalue weighted by Crippen LogP contribution is 2.51. The first kappa shape index (κ1) is 14.3. The number of esters is 1. The summed E-state index contributed by atoms with van der Waals surface area (Å²) in [5.41, 5.74) is 2.16. The van der Waals surface area contributed by atoms with Gasteiger partial charge in [-0.05, 0) is 40.0 Å². The summed E-state index contributed by atoms with van der Waals surface area (Å²) in [6.07, 6.45) is -5.08. The van der Waals surface area contributed by atoms with Gasteiger partial charge in [-0.1, -0.05) is 0 Å². The monoisotopic (exact) mass is 253 g/mol. The van der Waals surface area contributed by atoms with E-state index in [1.165, 1.54) is 0 Å². The molecule has 0 heterocycles. The second kappa shape index (κ2) is 4.15. The van der Waals surface area contributed by atoms with Gasteiger partial charge in [-0.15, -0.1) is 0 Å². The standard InChI is InChI=1S/C11H18F3NO2/c1-9(2,3)17-8(16)10(11(12,13)14)5-4-7(15)6-10/h7H,4-6,15H2,1-3H3/t7-,10+/m1/s1. The normalized spacial score (nSPS) is 30.4. The lowest BCUT2D eigenvalue weighted by atomic mass is 9.85. The molecule has 2 N–H and O–H groups in total. The van der Waals surface area contributed by atoms with Crippen molar-refractivity contribution in [3.8, 4) is 0 Å². The smallest absolute Gasteiger partial charge is 0.404 e. The molecule has 0 bridgehead atoms. The molecule has 3 nitrogen and oxygen atoms in total. The van der Waals surface area contributed by atoms with Gasteiger partial charge < -0.3 is 10.5 Å². The first-order valence-corrected chi connectivity index (χ1v) is 5.54. The van der Waals surface area contributed by atoms with Crippen molar-refractivity contribution in [1.29, 1.82) is 0 Å². The molecule has 0 spiro atoms. The molecule has 1 fully saturated rings. The highest BCUT2D eigenvalue weighted by molar-refractivity contribution is 5.78. The fraction of sp³-hybridized carbons (Fsp3) is 0.909. The van der Waals surface area contributed by atoms with E-state index in [1.807, 2.05) is 0 Å². The number of hydrogen-bond donors (Lipinski definition) is 1. The number of alkyl halides is 3. The van der Waals surface area contributed by atoms with Crippen molar-refractivity contribution in [1.82, 2.24) is 0 Å². The average Bonchev–Trinajstić information content (AvgIpc) is 2.44. The first-order valence-electron chi connectivity index (χ1n) is 5.54. The molecule has 2 atom stereocenters. The van der Waals surface area contributed by atoms with Gasteiger partial charge in [0.1, 0.15) is 5.60 Å². The molecule has 0 aromatic heterocycles. The fourth-order valence-corrected chi connectivity index (χ4v) is 2.02. The molecule has 0 aromatic carbocycles. The number of hydrogen-bond acceptors (Lipinski definition) is 3. The van der Waals surface area contributed by atoms with E-state index in [2.05, 4.69) is 0 Å². The van der Waals surface area contributed by atoms with E-state index < -0.39 is 29.2 Å². The third-order valence-corrected chi connectivity index (χ3v) is 2.88. The molecule has 0 amide bonds. The summed E-state index contributed by atoms with van der Waals surface area (Å²) < 4.78 is 44.1.